The lowest BCUT2D eigenvalue weighted by molar-refractivity contribution is -0.118. The van der Waals surface area contributed by atoms with Gasteiger partial charge in [-0.05, 0) is 43.3 Å². The van der Waals surface area contributed by atoms with E-state index in [1.165, 1.54) is 0 Å². The van der Waals surface area contributed by atoms with Crippen LogP contribution in [-0.4, -0.2) is 38.3 Å². The van der Waals surface area contributed by atoms with Crippen molar-refractivity contribution in [2.75, 3.05) is 31.7 Å². The van der Waals surface area contributed by atoms with Crippen molar-refractivity contribution < 1.29 is 23.8 Å². The van der Waals surface area contributed by atoms with Gasteiger partial charge < -0.3 is 19.5 Å². The highest BCUT2D eigenvalue weighted by atomic mass is 79.9. The molecule has 6 nitrogen and oxygen atoms in total. The molecule has 0 aliphatic rings. The highest BCUT2D eigenvalue weighted by molar-refractivity contribution is 9.10. The minimum atomic E-state index is -0.466. The number of halogens is 1. The third kappa shape index (κ3) is 6.85. The second kappa shape index (κ2) is 10.6. The summed E-state index contributed by atoms with van der Waals surface area (Å²) in [6, 6.07) is 13.8. The van der Waals surface area contributed by atoms with Crippen LogP contribution in [0.4, 0.5) is 5.69 Å². The van der Waals surface area contributed by atoms with Crippen molar-refractivity contribution in [3.05, 3.63) is 58.6 Å². The van der Waals surface area contributed by atoms with Gasteiger partial charge in [-0.2, -0.15) is 0 Å². The fourth-order valence-corrected chi connectivity index (χ4v) is 2.43. The molecule has 0 aliphatic carbocycles. The maximum Gasteiger partial charge on any atom is 0.338 e. The summed E-state index contributed by atoms with van der Waals surface area (Å²) in [6.07, 6.45) is 0. The Bertz CT molecular complexity index is 750. The van der Waals surface area contributed by atoms with Crippen LogP contribution in [0.1, 0.15) is 17.3 Å². The molecule has 0 aromatic heterocycles. The van der Waals surface area contributed by atoms with E-state index in [2.05, 4.69) is 21.2 Å². The molecule has 0 atom stereocenters. The molecule has 0 saturated heterocycles. The van der Waals surface area contributed by atoms with Crippen molar-refractivity contribution in [1.29, 1.82) is 0 Å². The number of benzene rings is 2. The Kier molecular flexibility index (Phi) is 8.11. The molecule has 2 aromatic carbocycles. The van der Waals surface area contributed by atoms with E-state index in [9.17, 15) is 9.59 Å². The van der Waals surface area contributed by atoms with Crippen LogP contribution < -0.4 is 10.1 Å². The van der Waals surface area contributed by atoms with Crippen molar-refractivity contribution in [3.63, 3.8) is 0 Å². The number of amides is 1. The molecule has 138 valence electrons. The number of hydrogen-bond donors (Lipinski definition) is 1. The molecule has 0 saturated carbocycles. The van der Waals surface area contributed by atoms with Crippen molar-refractivity contribution in [1.82, 2.24) is 0 Å². The van der Waals surface area contributed by atoms with E-state index in [1.807, 2.05) is 19.1 Å². The fourth-order valence-electron chi connectivity index (χ4n) is 2.05. The maximum atomic E-state index is 12.0. The summed E-state index contributed by atoms with van der Waals surface area (Å²) >= 11 is 3.34. The summed E-state index contributed by atoms with van der Waals surface area (Å²) in [5.41, 5.74) is 0.847. The first-order chi connectivity index (χ1) is 12.6. The van der Waals surface area contributed by atoms with Gasteiger partial charge in [-0.25, -0.2) is 4.79 Å². The predicted molar refractivity (Wildman–Crippen MR) is 101 cm³/mol. The number of ether oxygens (including phenoxy) is 3. The van der Waals surface area contributed by atoms with Gasteiger partial charge in [-0.3, -0.25) is 4.79 Å². The monoisotopic (exact) mass is 421 g/mol. The summed E-state index contributed by atoms with van der Waals surface area (Å²) in [4.78, 5) is 24.0. The summed E-state index contributed by atoms with van der Waals surface area (Å²) in [5.74, 6) is -0.209. The largest absolute Gasteiger partial charge is 0.484 e. The first-order valence-electron chi connectivity index (χ1n) is 8.11. The number of esters is 1. The summed E-state index contributed by atoms with van der Waals surface area (Å²) in [5, 5.41) is 2.69. The van der Waals surface area contributed by atoms with E-state index in [0.717, 1.165) is 4.47 Å². The Morgan fingerprint density at radius 1 is 1.08 bits per heavy atom. The molecule has 2 aromatic rings. The highest BCUT2D eigenvalue weighted by Gasteiger charge is 2.10. The SMILES string of the molecule is CCOCCOC(=O)c1cccc(NC(=O)COc2cccc(Br)c2)c1. The zero-order valence-electron chi connectivity index (χ0n) is 14.4. The molecular weight excluding hydrogens is 402 g/mol. The molecule has 0 bridgehead atoms. The van der Waals surface area contributed by atoms with Gasteiger partial charge in [0.15, 0.2) is 6.61 Å². The van der Waals surface area contributed by atoms with Crippen LogP contribution in [0.2, 0.25) is 0 Å². The van der Waals surface area contributed by atoms with Gasteiger partial charge >= 0.3 is 5.97 Å². The fraction of sp³-hybridized carbons (Fsp3) is 0.263. The van der Waals surface area contributed by atoms with Crippen LogP contribution in [0, 0.1) is 0 Å². The molecule has 2 rings (SSSR count). The first-order valence-corrected chi connectivity index (χ1v) is 8.91. The molecule has 0 unspecified atom stereocenters. The quantitative estimate of drug-likeness (QED) is 0.493. The minimum Gasteiger partial charge on any atom is -0.484 e. The van der Waals surface area contributed by atoms with Gasteiger partial charge in [0.1, 0.15) is 12.4 Å². The van der Waals surface area contributed by atoms with Gasteiger partial charge in [-0.1, -0.05) is 28.1 Å². The maximum absolute atomic E-state index is 12.0. The van der Waals surface area contributed by atoms with Crippen molar-refractivity contribution in [2.45, 2.75) is 6.92 Å². The van der Waals surface area contributed by atoms with Crippen LogP contribution in [0.3, 0.4) is 0 Å². The van der Waals surface area contributed by atoms with Crippen LogP contribution >= 0.6 is 15.9 Å². The summed E-state index contributed by atoms with van der Waals surface area (Å²) < 4.78 is 16.5. The zero-order valence-corrected chi connectivity index (χ0v) is 16.0. The van der Waals surface area contributed by atoms with Crippen molar-refractivity contribution >= 4 is 33.5 Å². The molecule has 0 aliphatic heterocycles. The normalized spacial score (nSPS) is 10.2. The zero-order chi connectivity index (χ0) is 18.8. The second-order valence-electron chi connectivity index (χ2n) is 5.21. The van der Waals surface area contributed by atoms with E-state index >= 15 is 0 Å². The minimum absolute atomic E-state index is 0.139. The van der Waals surface area contributed by atoms with Crippen LogP contribution in [0.25, 0.3) is 0 Å². The Morgan fingerprint density at radius 3 is 2.65 bits per heavy atom. The molecule has 1 amide bonds. The number of carbonyl (C=O) groups excluding carboxylic acids is 2. The first kappa shape index (κ1) is 19.9. The standard InChI is InChI=1S/C19H20BrNO5/c1-2-24-9-10-25-19(23)14-5-3-7-16(11-14)21-18(22)13-26-17-8-4-6-15(20)12-17/h3-8,11-12H,2,9-10,13H2,1H3,(H,21,22). The number of anilines is 1. The topological polar surface area (TPSA) is 73.9 Å². The van der Waals surface area contributed by atoms with Crippen molar-refractivity contribution in [3.8, 4) is 5.75 Å². The van der Waals surface area contributed by atoms with E-state index in [0.29, 0.717) is 30.2 Å². The second-order valence-corrected chi connectivity index (χ2v) is 6.12. The average molecular weight is 422 g/mol. The Morgan fingerprint density at radius 2 is 1.88 bits per heavy atom. The third-order valence-corrected chi connectivity index (χ3v) is 3.71. The molecule has 0 fully saturated rings. The smallest absolute Gasteiger partial charge is 0.338 e. The molecule has 1 N–H and O–H groups in total. The molecule has 7 heteroatoms. The number of carbonyl (C=O) groups is 2. The van der Waals surface area contributed by atoms with Gasteiger partial charge in [0.2, 0.25) is 0 Å². The Labute approximate surface area is 160 Å². The predicted octanol–water partition coefficient (Wildman–Crippen LogP) is 3.66. The lowest BCUT2D eigenvalue weighted by Gasteiger charge is -2.09. The average Bonchev–Trinajstić information content (AvgIpc) is 2.64. The Balaban J connectivity index is 1.85. The van der Waals surface area contributed by atoms with Crippen LogP contribution in [0.5, 0.6) is 5.75 Å². The lowest BCUT2D eigenvalue weighted by Crippen LogP contribution is -2.20. The van der Waals surface area contributed by atoms with Gasteiger partial charge in [0, 0.05) is 16.8 Å². The van der Waals surface area contributed by atoms with Gasteiger partial charge in [0.25, 0.3) is 5.91 Å². The Hall–Kier alpha value is -2.38. The molecule has 0 heterocycles. The van der Waals surface area contributed by atoms with E-state index in [4.69, 9.17) is 14.2 Å². The molecule has 0 radical (unpaired) electrons. The molecule has 0 spiro atoms. The van der Waals surface area contributed by atoms with Gasteiger partial charge in [-0.15, -0.1) is 0 Å². The lowest BCUT2D eigenvalue weighted by atomic mass is 10.2. The van der Waals surface area contributed by atoms with E-state index < -0.39 is 5.97 Å². The molecular formula is C19H20BrNO5. The number of nitrogens with one attached hydrogen (secondary N) is 1. The van der Waals surface area contributed by atoms with E-state index in [1.54, 1.807) is 36.4 Å². The number of rotatable bonds is 9. The summed E-state index contributed by atoms with van der Waals surface area (Å²) in [6.45, 7) is 2.84. The van der Waals surface area contributed by atoms with Crippen LogP contribution in [0.15, 0.2) is 53.0 Å². The summed E-state index contributed by atoms with van der Waals surface area (Å²) in [7, 11) is 0. The number of hydrogen-bond acceptors (Lipinski definition) is 5. The van der Waals surface area contributed by atoms with E-state index in [-0.39, 0.29) is 19.1 Å². The highest BCUT2D eigenvalue weighted by Crippen LogP contribution is 2.18. The van der Waals surface area contributed by atoms with Crippen molar-refractivity contribution in [2.24, 2.45) is 0 Å². The molecule has 26 heavy (non-hydrogen) atoms. The van der Waals surface area contributed by atoms with Crippen LogP contribution in [-0.2, 0) is 14.3 Å². The third-order valence-electron chi connectivity index (χ3n) is 3.21. The van der Waals surface area contributed by atoms with Gasteiger partial charge in [0.05, 0.1) is 12.2 Å².